The van der Waals surface area contributed by atoms with Crippen molar-refractivity contribution in [1.82, 2.24) is 9.78 Å². The van der Waals surface area contributed by atoms with E-state index >= 15 is 0 Å². The van der Waals surface area contributed by atoms with Gasteiger partial charge in [0, 0.05) is 13.1 Å². The lowest BCUT2D eigenvalue weighted by Gasteiger charge is -2.05. The van der Waals surface area contributed by atoms with Gasteiger partial charge in [0.15, 0.2) is 0 Å². The van der Waals surface area contributed by atoms with Gasteiger partial charge in [-0.2, -0.15) is 5.10 Å². The maximum absolute atomic E-state index is 11.8. The minimum absolute atomic E-state index is 0.263. The zero-order valence-corrected chi connectivity index (χ0v) is 9.81. The van der Waals surface area contributed by atoms with Gasteiger partial charge in [-0.3, -0.25) is 4.68 Å². The van der Waals surface area contributed by atoms with Crippen molar-refractivity contribution < 1.29 is 9.53 Å². The van der Waals surface area contributed by atoms with Crippen LogP contribution in [0.2, 0.25) is 5.02 Å². The van der Waals surface area contributed by atoms with E-state index in [-0.39, 0.29) is 11.5 Å². The molecule has 2 aromatic rings. The quantitative estimate of drug-likeness (QED) is 0.653. The maximum Gasteiger partial charge on any atom is 0.362 e. The Balaban J connectivity index is 2.23. The molecule has 0 amide bonds. The van der Waals surface area contributed by atoms with E-state index in [1.807, 2.05) is 0 Å². The molecular formula is C11H10ClN3O2. The summed E-state index contributed by atoms with van der Waals surface area (Å²) < 4.78 is 6.49. The van der Waals surface area contributed by atoms with E-state index in [1.165, 1.54) is 10.7 Å². The molecule has 0 bridgehead atoms. The normalized spacial score (nSPS) is 10.2. The molecule has 17 heavy (non-hydrogen) atoms. The van der Waals surface area contributed by atoms with Gasteiger partial charge >= 0.3 is 5.97 Å². The number of esters is 1. The molecule has 0 atom stereocenters. The number of aryl methyl sites for hydroxylation is 1. The van der Waals surface area contributed by atoms with Crippen LogP contribution in [0.5, 0.6) is 5.75 Å². The molecule has 0 aliphatic heterocycles. The molecule has 5 nitrogen and oxygen atoms in total. The summed E-state index contributed by atoms with van der Waals surface area (Å²) in [5.74, 6) is 0.0161. The Bertz CT molecular complexity index is 566. The number of benzene rings is 1. The second-order valence-electron chi connectivity index (χ2n) is 3.40. The molecule has 0 fully saturated rings. The van der Waals surface area contributed by atoms with Crippen LogP contribution in [0, 0.1) is 0 Å². The fourth-order valence-corrected chi connectivity index (χ4v) is 1.53. The van der Waals surface area contributed by atoms with E-state index in [2.05, 4.69) is 5.10 Å². The van der Waals surface area contributed by atoms with Gasteiger partial charge in [0.1, 0.15) is 17.3 Å². The monoisotopic (exact) mass is 251 g/mol. The first-order valence-corrected chi connectivity index (χ1v) is 5.22. The first kappa shape index (κ1) is 11.5. The highest BCUT2D eigenvalue weighted by molar-refractivity contribution is 6.32. The number of carbonyl (C=O) groups excluding carboxylic acids is 1. The third-order valence-electron chi connectivity index (χ3n) is 2.15. The summed E-state index contributed by atoms with van der Waals surface area (Å²) in [4.78, 5) is 11.8. The molecular weight excluding hydrogens is 242 g/mol. The van der Waals surface area contributed by atoms with E-state index in [0.717, 1.165) is 0 Å². The Morgan fingerprint density at radius 3 is 2.76 bits per heavy atom. The predicted molar refractivity (Wildman–Crippen MR) is 64.0 cm³/mol. The van der Waals surface area contributed by atoms with Crippen LogP contribution in [-0.2, 0) is 7.05 Å². The van der Waals surface area contributed by atoms with E-state index in [0.29, 0.717) is 10.8 Å². The Morgan fingerprint density at radius 2 is 2.18 bits per heavy atom. The number of nitrogens with zero attached hydrogens (tertiary/aromatic N) is 2. The van der Waals surface area contributed by atoms with Crippen molar-refractivity contribution in [3.05, 3.63) is 41.0 Å². The van der Waals surface area contributed by atoms with Gasteiger partial charge in [0.05, 0.1) is 5.02 Å². The van der Waals surface area contributed by atoms with Gasteiger partial charge in [-0.25, -0.2) is 4.79 Å². The van der Waals surface area contributed by atoms with Crippen molar-refractivity contribution >= 4 is 23.4 Å². The van der Waals surface area contributed by atoms with Crippen molar-refractivity contribution in [2.24, 2.45) is 7.05 Å². The first-order chi connectivity index (χ1) is 8.08. The van der Waals surface area contributed by atoms with E-state index in [9.17, 15) is 4.79 Å². The molecule has 0 radical (unpaired) electrons. The van der Waals surface area contributed by atoms with Gasteiger partial charge in [-0.1, -0.05) is 23.7 Å². The maximum atomic E-state index is 11.8. The largest absolute Gasteiger partial charge is 0.420 e. The number of nitrogen functional groups attached to an aromatic ring is 1. The minimum atomic E-state index is -0.551. The molecule has 1 aromatic heterocycles. The van der Waals surface area contributed by atoms with Crippen LogP contribution in [0.4, 0.5) is 5.82 Å². The standard InChI is InChI=1S/C11H10ClN3O2/c1-15-8(6-10(13)14-15)11(16)17-9-5-3-2-4-7(9)12/h2-6H,1H3,(H2,13,14). The van der Waals surface area contributed by atoms with Crippen molar-refractivity contribution in [2.75, 3.05) is 5.73 Å². The highest BCUT2D eigenvalue weighted by Gasteiger charge is 2.15. The molecule has 2 rings (SSSR count). The number of aromatic nitrogens is 2. The fraction of sp³-hybridized carbons (Fsp3) is 0.0909. The average molecular weight is 252 g/mol. The Morgan fingerprint density at radius 1 is 1.47 bits per heavy atom. The topological polar surface area (TPSA) is 70.1 Å². The summed E-state index contributed by atoms with van der Waals surface area (Å²) in [5, 5.41) is 4.23. The summed E-state index contributed by atoms with van der Waals surface area (Å²) in [6.07, 6.45) is 0. The first-order valence-electron chi connectivity index (χ1n) is 4.84. The van der Waals surface area contributed by atoms with Crippen molar-refractivity contribution in [2.45, 2.75) is 0 Å². The Labute approximate surface area is 103 Å². The van der Waals surface area contributed by atoms with Crippen LogP contribution in [0.1, 0.15) is 10.5 Å². The lowest BCUT2D eigenvalue weighted by molar-refractivity contribution is 0.0723. The van der Waals surface area contributed by atoms with Gasteiger partial charge < -0.3 is 10.5 Å². The lowest BCUT2D eigenvalue weighted by Crippen LogP contribution is -2.13. The van der Waals surface area contributed by atoms with E-state index in [4.69, 9.17) is 22.1 Å². The summed E-state index contributed by atoms with van der Waals surface area (Å²) in [7, 11) is 1.61. The molecule has 88 valence electrons. The number of rotatable bonds is 2. The van der Waals surface area contributed by atoms with Crippen molar-refractivity contribution in [3.63, 3.8) is 0 Å². The molecule has 0 unspecified atom stereocenters. The highest BCUT2D eigenvalue weighted by atomic mass is 35.5. The zero-order chi connectivity index (χ0) is 12.4. The van der Waals surface area contributed by atoms with Gasteiger partial charge in [0.25, 0.3) is 0 Å². The zero-order valence-electron chi connectivity index (χ0n) is 9.05. The van der Waals surface area contributed by atoms with Crippen LogP contribution < -0.4 is 10.5 Å². The lowest BCUT2D eigenvalue weighted by atomic mass is 10.3. The predicted octanol–water partition coefficient (Wildman–Crippen LogP) is 1.87. The van der Waals surface area contributed by atoms with Gasteiger partial charge in [-0.05, 0) is 12.1 Å². The van der Waals surface area contributed by atoms with Crippen LogP contribution in [-0.4, -0.2) is 15.7 Å². The van der Waals surface area contributed by atoms with Crippen LogP contribution in [0.25, 0.3) is 0 Å². The van der Waals surface area contributed by atoms with Crippen LogP contribution in [0.15, 0.2) is 30.3 Å². The molecule has 0 aliphatic carbocycles. The molecule has 0 saturated heterocycles. The average Bonchev–Trinajstić information content (AvgIpc) is 2.61. The van der Waals surface area contributed by atoms with Crippen molar-refractivity contribution in [1.29, 1.82) is 0 Å². The number of halogens is 1. The van der Waals surface area contributed by atoms with Gasteiger partial charge in [0.2, 0.25) is 0 Å². The van der Waals surface area contributed by atoms with E-state index in [1.54, 1.807) is 31.3 Å². The molecule has 0 saturated carbocycles. The fourth-order valence-electron chi connectivity index (χ4n) is 1.36. The van der Waals surface area contributed by atoms with E-state index < -0.39 is 5.97 Å². The number of hydrogen-bond acceptors (Lipinski definition) is 4. The molecule has 1 heterocycles. The third-order valence-corrected chi connectivity index (χ3v) is 2.46. The number of anilines is 1. The second kappa shape index (κ2) is 4.47. The third kappa shape index (κ3) is 2.39. The van der Waals surface area contributed by atoms with Crippen molar-refractivity contribution in [3.8, 4) is 5.75 Å². The van der Waals surface area contributed by atoms with Crippen LogP contribution in [0.3, 0.4) is 0 Å². The number of para-hydroxylation sites is 1. The number of hydrogen-bond donors (Lipinski definition) is 1. The molecule has 0 spiro atoms. The summed E-state index contributed by atoms with van der Waals surface area (Å²) in [6.45, 7) is 0. The molecule has 0 aliphatic rings. The highest BCUT2D eigenvalue weighted by Crippen LogP contribution is 2.24. The number of nitrogens with two attached hydrogens (primary N) is 1. The minimum Gasteiger partial charge on any atom is -0.420 e. The van der Waals surface area contributed by atoms with Gasteiger partial charge in [-0.15, -0.1) is 0 Å². The Kier molecular flexibility index (Phi) is 3.01. The summed E-state index contributed by atoms with van der Waals surface area (Å²) in [5.41, 5.74) is 5.74. The summed E-state index contributed by atoms with van der Waals surface area (Å²) >= 11 is 5.88. The second-order valence-corrected chi connectivity index (χ2v) is 3.81. The SMILES string of the molecule is Cn1nc(N)cc1C(=O)Oc1ccccc1Cl. The Hall–Kier alpha value is -2.01. The molecule has 6 heteroatoms. The number of ether oxygens (including phenoxy) is 1. The molecule has 1 aromatic carbocycles. The smallest absolute Gasteiger partial charge is 0.362 e. The van der Waals surface area contributed by atoms with Crippen LogP contribution >= 0.6 is 11.6 Å². The number of carbonyl (C=O) groups is 1. The summed E-state index contributed by atoms with van der Waals surface area (Å²) in [6, 6.07) is 8.18. The molecule has 2 N–H and O–H groups in total.